The number of nitrogens with zero attached hydrogens (tertiary/aromatic N) is 3. The van der Waals surface area contributed by atoms with Gasteiger partial charge in [0, 0.05) is 17.3 Å². The fourth-order valence-electron chi connectivity index (χ4n) is 2.65. The Bertz CT molecular complexity index is 1020. The van der Waals surface area contributed by atoms with Crippen molar-refractivity contribution in [2.75, 3.05) is 5.32 Å². The summed E-state index contributed by atoms with van der Waals surface area (Å²) < 4.78 is 1.99. The maximum absolute atomic E-state index is 6.13. The highest BCUT2D eigenvalue weighted by molar-refractivity contribution is 7.14. The monoisotopic (exact) mass is 354 g/mol. The quantitative estimate of drug-likeness (QED) is 0.530. The van der Waals surface area contributed by atoms with Gasteiger partial charge in [0.15, 0.2) is 5.13 Å². The van der Waals surface area contributed by atoms with Crippen LogP contribution in [0.15, 0.2) is 48.0 Å². The number of thiazole rings is 1. The second kappa shape index (κ2) is 5.92. The van der Waals surface area contributed by atoms with Crippen LogP contribution in [-0.2, 0) is 0 Å². The summed E-state index contributed by atoms with van der Waals surface area (Å²) in [6.45, 7) is 4.06. The van der Waals surface area contributed by atoms with Gasteiger partial charge in [-0.2, -0.15) is 0 Å². The zero-order valence-corrected chi connectivity index (χ0v) is 14.8. The third-order valence-corrected chi connectivity index (χ3v) is 4.79. The van der Waals surface area contributed by atoms with E-state index in [9.17, 15) is 0 Å². The van der Waals surface area contributed by atoms with Crippen LogP contribution >= 0.6 is 22.9 Å². The second-order valence-corrected chi connectivity index (χ2v) is 6.94. The van der Waals surface area contributed by atoms with E-state index in [4.69, 9.17) is 16.6 Å². The summed E-state index contributed by atoms with van der Waals surface area (Å²) in [5, 5.41) is 6.91. The van der Waals surface area contributed by atoms with Gasteiger partial charge in [-0.25, -0.2) is 9.97 Å². The molecular formula is C18H15ClN4S. The SMILES string of the molecule is Cc1ccc(Nc2nc(-c3c(C)nc4ccc(Cl)cn34)cs2)cc1. The Kier molecular flexibility index (Phi) is 3.75. The fourth-order valence-corrected chi connectivity index (χ4v) is 3.52. The molecule has 120 valence electrons. The van der Waals surface area contributed by atoms with Crippen molar-refractivity contribution in [2.24, 2.45) is 0 Å². The Morgan fingerprint density at radius 2 is 1.83 bits per heavy atom. The lowest BCUT2D eigenvalue weighted by Gasteiger charge is -2.03. The van der Waals surface area contributed by atoms with Gasteiger partial charge in [0.25, 0.3) is 0 Å². The van der Waals surface area contributed by atoms with Crippen LogP contribution in [0.2, 0.25) is 5.02 Å². The largest absolute Gasteiger partial charge is 0.332 e. The number of hydrogen-bond donors (Lipinski definition) is 1. The van der Waals surface area contributed by atoms with Crippen LogP contribution in [0.3, 0.4) is 0 Å². The average Bonchev–Trinajstić information content (AvgIpc) is 3.12. The molecular weight excluding hydrogens is 340 g/mol. The minimum Gasteiger partial charge on any atom is -0.332 e. The van der Waals surface area contributed by atoms with E-state index in [1.807, 2.05) is 35.0 Å². The van der Waals surface area contributed by atoms with Crippen molar-refractivity contribution < 1.29 is 0 Å². The number of nitrogens with one attached hydrogen (secondary N) is 1. The molecule has 3 aromatic heterocycles. The second-order valence-electron chi connectivity index (χ2n) is 5.65. The first-order valence-electron chi connectivity index (χ1n) is 7.54. The third-order valence-electron chi connectivity index (χ3n) is 3.81. The summed E-state index contributed by atoms with van der Waals surface area (Å²) in [7, 11) is 0. The van der Waals surface area contributed by atoms with Gasteiger partial charge in [0.2, 0.25) is 0 Å². The summed E-state index contributed by atoms with van der Waals surface area (Å²) in [4.78, 5) is 9.30. The number of aromatic nitrogens is 3. The van der Waals surface area contributed by atoms with E-state index >= 15 is 0 Å². The van der Waals surface area contributed by atoms with E-state index < -0.39 is 0 Å². The first kappa shape index (κ1) is 15.2. The van der Waals surface area contributed by atoms with Crippen molar-refractivity contribution in [1.82, 2.24) is 14.4 Å². The van der Waals surface area contributed by atoms with Crippen LogP contribution in [0, 0.1) is 13.8 Å². The van der Waals surface area contributed by atoms with Gasteiger partial charge >= 0.3 is 0 Å². The number of anilines is 2. The van der Waals surface area contributed by atoms with Crippen molar-refractivity contribution in [3.63, 3.8) is 0 Å². The lowest BCUT2D eigenvalue weighted by molar-refractivity contribution is 1.17. The number of aryl methyl sites for hydroxylation is 2. The summed E-state index contributed by atoms with van der Waals surface area (Å²) >= 11 is 7.71. The van der Waals surface area contributed by atoms with Crippen LogP contribution in [0.1, 0.15) is 11.3 Å². The molecule has 1 aromatic carbocycles. The Hall–Kier alpha value is -2.37. The van der Waals surface area contributed by atoms with Crippen molar-refractivity contribution in [1.29, 1.82) is 0 Å². The number of rotatable bonds is 3. The Morgan fingerprint density at radius 3 is 2.62 bits per heavy atom. The van der Waals surface area contributed by atoms with Gasteiger partial charge in [-0.15, -0.1) is 11.3 Å². The van der Waals surface area contributed by atoms with Gasteiger partial charge in [-0.3, -0.25) is 4.40 Å². The molecule has 0 bridgehead atoms. The highest BCUT2D eigenvalue weighted by Crippen LogP contribution is 2.30. The highest BCUT2D eigenvalue weighted by Gasteiger charge is 2.14. The number of hydrogen-bond acceptors (Lipinski definition) is 4. The molecule has 6 heteroatoms. The van der Waals surface area contributed by atoms with E-state index in [2.05, 4.69) is 41.5 Å². The molecule has 4 aromatic rings. The number of imidazole rings is 1. The Balaban J connectivity index is 1.71. The predicted molar refractivity (Wildman–Crippen MR) is 101 cm³/mol. The topological polar surface area (TPSA) is 42.2 Å². The zero-order valence-electron chi connectivity index (χ0n) is 13.2. The molecule has 0 radical (unpaired) electrons. The molecule has 4 rings (SSSR count). The first-order chi connectivity index (χ1) is 11.6. The van der Waals surface area contributed by atoms with E-state index in [1.54, 1.807) is 11.3 Å². The maximum atomic E-state index is 6.13. The number of benzene rings is 1. The molecule has 0 aliphatic carbocycles. The van der Waals surface area contributed by atoms with Crippen LogP contribution in [-0.4, -0.2) is 14.4 Å². The minimum absolute atomic E-state index is 0.675. The average molecular weight is 355 g/mol. The molecule has 4 nitrogen and oxygen atoms in total. The molecule has 0 amide bonds. The van der Waals surface area contributed by atoms with Crippen LogP contribution < -0.4 is 5.32 Å². The predicted octanol–water partition coefficient (Wildman–Crippen LogP) is 5.47. The standard InChI is InChI=1S/C18H15ClN4S/c1-11-3-6-14(7-4-11)21-18-22-15(10-24-18)17-12(2)20-16-8-5-13(19)9-23(16)17/h3-10H,1-2H3,(H,21,22). The normalized spacial score (nSPS) is 11.1. The fraction of sp³-hybridized carbons (Fsp3) is 0.111. The van der Waals surface area contributed by atoms with Crippen molar-refractivity contribution in [3.05, 3.63) is 64.3 Å². The Morgan fingerprint density at radius 1 is 1.04 bits per heavy atom. The molecule has 0 saturated carbocycles. The van der Waals surface area contributed by atoms with E-state index in [-0.39, 0.29) is 0 Å². The van der Waals surface area contributed by atoms with Crippen LogP contribution in [0.25, 0.3) is 17.0 Å². The van der Waals surface area contributed by atoms with Gasteiger partial charge in [0.1, 0.15) is 11.3 Å². The number of fused-ring (bicyclic) bond motifs is 1. The maximum Gasteiger partial charge on any atom is 0.187 e. The third kappa shape index (κ3) is 2.77. The van der Waals surface area contributed by atoms with Crippen LogP contribution in [0.4, 0.5) is 10.8 Å². The molecule has 0 aliphatic rings. The summed E-state index contributed by atoms with van der Waals surface area (Å²) in [6, 6.07) is 12.0. The molecule has 3 heterocycles. The minimum atomic E-state index is 0.675. The molecule has 0 unspecified atom stereocenters. The van der Waals surface area contributed by atoms with Crippen molar-refractivity contribution in [3.8, 4) is 11.4 Å². The molecule has 0 fully saturated rings. The van der Waals surface area contributed by atoms with Gasteiger partial charge in [-0.05, 0) is 38.1 Å². The molecule has 0 aliphatic heterocycles. The molecule has 0 spiro atoms. The molecule has 0 atom stereocenters. The van der Waals surface area contributed by atoms with Gasteiger partial charge in [0.05, 0.1) is 16.4 Å². The number of pyridine rings is 1. The molecule has 24 heavy (non-hydrogen) atoms. The van der Waals surface area contributed by atoms with Gasteiger partial charge in [-0.1, -0.05) is 29.3 Å². The number of halogens is 1. The summed E-state index contributed by atoms with van der Waals surface area (Å²) in [5.74, 6) is 0. The summed E-state index contributed by atoms with van der Waals surface area (Å²) in [6.07, 6.45) is 1.87. The Labute approximate surface area is 148 Å². The van der Waals surface area contributed by atoms with Crippen molar-refractivity contribution >= 4 is 39.4 Å². The van der Waals surface area contributed by atoms with Gasteiger partial charge < -0.3 is 5.32 Å². The smallest absolute Gasteiger partial charge is 0.187 e. The van der Waals surface area contributed by atoms with Crippen LogP contribution in [0.5, 0.6) is 0 Å². The summed E-state index contributed by atoms with van der Waals surface area (Å²) in [5.41, 5.74) is 5.93. The van der Waals surface area contributed by atoms with E-state index in [1.165, 1.54) is 5.56 Å². The zero-order chi connectivity index (χ0) is 16.7. The first-order valence-corrected chi connectivity index (χ1v) is 8.80. The lowest BCUT2D eigenvalue weighted by atomic mass is 10.2. The molecule has 1 N–H and O–H groups in total. The lowest BCUT2D eigenvalue weighted by Crippen LogP contribution is -1.92. The van der Waals surface area contributed by atoms with E-state index in [0.717, 1.165) is 33.5 Å². The molecule has 0 saturated heterocycles. The van der Waals surface area contributed by atoms with Crippen molar-refractivity contribution in [2.45, 2.75) is 13.8 Å². The van der Waals surface area contributed by atoms with E-state index in [0.29, 0.717) is 5.02 Å². The highest BCUT2D eigenvalue weighted by atomic mass is 35.5.